The van der Waals surface area contributed by atoms with Gasteiger partial charge in [0.2, 0.25) is 0 Å². The third-order valence-corrected chi connectivity index (χ3v) is 5.85. The summed E-state index contributed by atoms with van der Waals surface area (Å²) in [7, 11) is 1.52. The zero-order valence-electron chi connectivity index (χ0n) is 15.7. The van der Waals surface area contributed by atoms with Gasteiger partial charge >= 0.3 is 0 Å². The number of carbonyl (C=O) groups excluding carboxylic acids is 1. The van der Waals surface area contributed by atoms with Crippen LogP contribution in [-0.2, 0) is 11.2 Å². The average molecular weight is 444 g/mol. The maximum Gasteiger partial charge on any atom is 0.266 e. The molecular weight excluding hydrogens is 426 g/mol. The predicted octanol–water partition coefficient (Wildman–Crippen LogP) is 4.80. The number of hydrogen-bond acceptors (Lipinski definition) is 5. The molecule has 0 aliphatic carbocycles. The second-order valence-corrected chi connectivity index (χ2v) is 8.18. The van der Waals surface area contributed by atoms with Crippen molar-refractivity contribution in [2.24, 2.45) is 0 Å². The van der Waals surface area contributed by atoms with E-state index in [-0.39, 0.29) is 12.5 Å². The number of methoxy groups -OCH3 is 1. The van der Waals surface area contributed by atoms with Gasteiger partial charge in [0.1, 0.15) is 10.9 Å². The van der Waals surface area contributed by atoms with Crippen molar-refractivity contribution in [2.45, 2.75) is 6.42 Å². The van der Waals surface area contributed by atoms with E-state index in [0.717, 1.165) is 12.0 Å². The van der Waals surface area contributed by atoms with Crippen LogP contribution in [0.2, 0.25) is 5.02 Å². The summed E-state index contributed by atoms with van der Waals surface area (Å²) in [6.07, 6.45) is 7.72. The lowest BCUT2D eigenvalue weighted by Gasteiger charge is -2.14. The van der Waals surface area contributed by atoms with Gasteiger partial charge in [0.05, 0.1) is 17.0 Å². The third-order valence-electron chi connectivity index (χ3n) is 4.19. The number of nitrogens with zero attached hydrogens (tertiary/aromatic N) is 1. The molecule has 0 atom stereocenters. The molecule has 1 fully saturated rings. The molecule has 1 amide bonds. The SMILES string of the molecule is C#CCOc1c(Cl)cc(C=C2SC(=S)N(CCc3ccccc3)C2=O)cc1OC. The number of terminal acetylenes is 1. The summed E-state index contributed by atoms with van der Waals surface area (Å²) in [5, 5.41) is 0.352. The maximum absolute atomic E-state index is 12.8. The van der Waals surface area contributed by atoms with Gasteiger partial charge in [-0.25, -0.2) is 0 Å². The Morgan fingerprint density at radius 3 is 2.76 bits per heavy atom. The van der Waals surface area contributed by atoms with Crippen molar-refractivity contribution in [1.29, 1.82) is 0 Å². The average Bonchev–Trinajstić information content (AvgIpc) is 2.98. The van der Waals surface area contributed by atoms with Crippen LogP contribution in [0.5, 0.6) is 11.5 Å². The Labute approximate surface area is 184 Å². The minimum absolute atomic E-state index is 0.0789. The van der Waals surface area contributed by atoms with Gasteiger partial charge in [-0.1, -0.05) is 71.8 Å². The Morgan fingerprint density at radius 1 is 1.31 bits per heavy atom. The summed E-state index contributed by atoms with van der Waals surface area (Å²) in [6.45, 7) is 0.616. The zero-order chi connectivity index (χ0) is 20.8. The summed E-state index contributed by atoms with van der Waals surface area (Å²) in [5.74, 6) is 3.10. The lowest BCUT2D eigenvalue weighted by molar-refractivity contribution is -0.122. The quantitative estimate of drug-likeness (QED) is 0.349. The first-order valence-corrected chi connectivity index (χ1v) is 10.4. The zero-order valence-corrected chi connectivity index (χ0v) is 18.1. The number of ether oxygens (including phenoxy) is 2. The molecule has 0 unspecified atom stereocenters. The Morgan fingerprint density at radius 2 is 2.07 bits per heavy atom. The Bertz CT molecular complexity index is 999. The van der Waals surface area contributed by atoms with Crippen molar-refractivity contribution < 1.29 is 14.3 Å². The Hall–Kier alpha value is -2.46. The fourth-order valence-corrected chi connectivity index (χ4v) is 4.39. The van der Waals surface area contributed by atoms with Crippen molar-refractivity contribution in [3.05, 3.63) is 63.5 Å². The number of hydrogen-bond donors (Lipinski definition) is 0. The van der Waals surface area contributed by atoms with E-state index >= 15 is 0 Å². The molecule has 7 heteroatoms. The van der Waals surface area contributed by atoms with Gasteiger partial charge in [0, 0.05) is 6.54 Å². The Balaban J connectivity index is 1.78. The number of halogens is 1. The van der Waals surface area contributed by atoms with E-state index in [2.05, 4.69) is 5.92 Å². The molecule has 1 aliphatic rings. The summed E-state index contributed by atoms with van der Waals surface area (Å²) < 4.78 is 11.3. The van der Waals surface area contributed by atoms with Gasteiger partial charge in [-0.15, -0.1) is 6.42 Å². The molecule has 0 saturated carbocycles. The normalized spacial score (nSPS) is 14.9. The standard InChI is InChI=1S/C22H18ClNO3S2/c1-3-11-27-20-17(23)12-16(13-18(20)26-2)14-19-21(25)24(22(28)29-19)10-9-15-7-5-4-6-8-15/h1,4-8,12-14H,9-11H2,2H3. The fourth-order valence-electron chi connectivity index (χ4n) is 2.81. The van der Waals surface area contributed by atoms with Crippen LogP contribution in [0.4, 0.5) is 0 Å². The van der Waals surface area contributed by atoms with Gasteiger partial charge in [-0.05, 0) is 35.8 Å². The van der Waals surface area contributed by atoms with Crippen LogP contribution in [-0.4, -0.2) is 35.4 Å². The van der Waals surface area contributed by atoms with E-state index in [9.17, 15) is 4.79 Å². The molecule has 1 aliphatic heterocycles. The van der Waals surface area contributed by atoms with Gasteiger partial charge in [-0.2, -0.15) is 0 Å². The number of thiocarbonyl (C=S) groups is 1. The molecule has 0 N–H and O–H groups in total. The molecule has 0 aromatic heterocycles. The molecule has 0 spiro atoms. The summed E-state index contributed by atoms with van der Waals surface area (Å²) >= 11 is 13.0. The molecule has 0 bridgehead atoms. The highest BCUT2D eigenvalue weighted by atomic mass is 35.5. The van der Waals surface area contributed by atoms with E-state index in [0.29, 0.717) is 37.9 Å². The number of thioether (sulfide) groups is 1. The first-order valence-electron chi connectivity index (χ1n) is 8.76. The van der Waals surface area contributed by atoms with Crippen LogP contribution in [0, 0.1) is 12.3 Å². The fraction of sp³-hybridized carbons (Fsp3) is 0.182. The van der Waals surface area contributed by atoms with Gasteiger partial charge in [0.15, 0.2) is 11.5 Å². The number of carbonyl (C=O) groups is 1. The van der Waals surface area contributed by atoms with E-state index in [1.165, 1.54) is 18.9 Å². The number of amides is 1. The maximum atomic E-state index is 12.8. The molecule has 3 rings (SSSR count). The predicted molar refractivity (Wildman–Crippen MR) is 122 cm³/mol. The van der Waals surface area contributed by atoms with Gasteiger partial charge < -0.3 is 9.47 Å². The van der Waals surface area contributed by atoms with Crippen molar-refractivity contribution in [2.75, 3.05) is 20.3 Å². The first kappa shape index (κ1) is 21.3. The summed E-state index contributed by atoms with van der Waals surface area (Å²) in [6, 6.07) is 13.4. The number of benzene rings is 2. The summed E-state index contributed by atoms with van der Waals surface area (Å²) in [5.41, 5.74) is 1.87. The van der Waals surface area contributed by atoms with Crippen LogP contribution >= 0.6 is 35.6 Å². The van der Waals surface area contributed by atoms with Crippen molar-refractivity contribution in [3.8, 4) is 23.8 Å². The molecule has 1 saturated heterocycles. The minimum atomic E-state index is -0.112. The minimum Gasteiger partial charge on any atom is -0.493 e. The molecule has 4 nitrogen and oxygen atoms in total. The Kier molecular flexibility index (Phi) is 7.21. The van der Waals surface area contributed by atoms with E-state index in [4.69, 9.17) is 39.7 Å². The van der Waals surface area contributed by atoms with Crippen LogP contribution in [0.15, 0.2) is 47.4 Å². The van der Waals surface area contributed by atoms with Crippen molar-refractivity contribution in [1.82, 2.24) is 4.90 Å². The van der Waals surface area contributed by atoms with Crippen LogP contribution in [0.25, 0.3) is 6.08 Å². The van der Waals surface area contributed by atoms with Crippen LogP contribution in [0.3, 0.4) is 0 Å². The molecule has 148 valence electrons. The van der Waals surface area contributed by atoms with Crippen LogP contribution < -0.4 is 9.47 Å². The van der Waals surface area contributed by atoms with E-state index in [1.54, 1.807) is 23.1 Å². The molecular formula is C22H18ClNO3S2. The molecule has 1 heterocycles. The highest BCUT2D eigenvalue weighted by Crippen LogP contribution is 2.39. The topological polar surface area (TPSA) is 38.8 Å². The third kappa shape index (κ3) is 5.13. The van der Waals surface area contributed by atoms with E-state index < -0.39 is 0 Å². The lowest BCUT2D eigenvalue weighted by Crippen LogP contribution is -2.30. The second-order valence-electron chi connectivity index (χ2n) is 6.10. The highest BCUT2D eigenvalue weighted by molar-refractivity contribution is 8.26. The smallest absolute Gasteiger partial charge is 0.266 e. The van der Waals surface area contributed by atoms with Crippen LogP contribution in [0.1, 0.15) is 11.1 Å². The molecule has 2 aromatic carbocycles. The van der Waals surface area contributed by atoms with Gasteiger partial charge in [0.25, 0.3) is 5.91 Å². The highest BCUT2D eigenvalue weighted by Gasteiger charge is 2.31. The van der Waals surface area contributed by atoms with Gasteiger partial charge in [-0.3, -0.25) is 9.69 Å². The lowest BCUT2D eigenvalue weighted by atomic mass is 10.1. The summed E-state index contributed by atoms with van der Waals surface area (Å²) in [4.78, 5) is 15.0. The van der Waals surface area contributed by atoms with Crippen molar-refractivity contribution >= 4 is 51.9 Å². The molecule has 2 aromatic rings. The first-order chi connectivity index (χ1) is 14.0. The monoisotopic (exact) mass is 443 g/mol. The second kappa shape index (κ2) is 9.84. The largest absolute Gasteiger partial charge is 0.493 e. The molecule has 29 heavy (non-hydrogen) atoms. The molecule has 0 radical (unpaired) electrons. The van der Waals surface area contributed by atoms with Crippen molar-refractivity contribution in [3.63, 3.8) is 0 Å². The van der Waals surface area contributed by atoms with E-state index in [1.807, 2.05) is 30.3 Å². The number of rotatable bonds is 7.